The van der Waals surface area contributed by atoms with Crippen molar-refractivity contribution >= 4 is 39.6 Å². The van der Waals surface area contributed by atoms with E-state index in [0.29, 0.717) is 5.13 Å². The minimum atomic E-state index is 0.524. The lowest BCUT2D eigenvalue weighted by molar-refractivity contribution is 1.04. The largest absolute Gasteiger partial charge is 0.374 e. The molecule has 0 aliphatic carbocycles. The zero-order valence-electron chi connectivity index (χ0n) is 7.43. The van der Waals surface area contributed by atoms with Gasteiger partial charge in [0, 0.05) is 11.1 Å². The van der Waals surface area contributed by atoms with Crippen LogP contribution in [0.4, 0.5) is 5.13 Å². The molecule has 0 aliphatic rings. The molecule has 0 unspecified atom stereocenters. The van der Waals surface area contributed by atoms with Gasteiger partial charge in [-0.2, -0.15) is 0 Å². The monoisotopic (exact) mass is 244 g/mol. The van der Waals surface area contributed by atoms with E-state index in [2.05, 4.69) is 15.2 Å². The number of rotatable bonds is 3. The highest BCUT2D eigenvalue weighted by atomic mass is 32.2. The first-order chi connectivity index (χ1) is 6.74. The number of hydrogen-bond acceptors (Lipinski definition) is 7. The number of aryl methyl sites for hydroxylation is 1. The maximum atomic E-state index is 5.47. The maximum Gasteiger partial charge on any atom is 0.203 e. The molecular weight excluding hydrogens is 236 g/mol. The summed E-state index contributed by atoms with van der Waals surface area (Å²) < 4.78 is 1.07. The van der Waals surface area contributed by atoms with E-state index in [9.17, 15) is 0 Å². The summed E-state index contributed by atoms with van der Waals surface area (Å²) in [5.74, 6) is 0.793. The van der Waals surface area contributed by atoms with Crippen molar-refractivity contribution in [1.82, 2.24) is 15.2 Å². The quantitative estimate of drug-likeness (QED) is 0.838. The molecule has 0 radical (unpaired) electrons. The molecule has 0 saturated heterocycles. The first-order valence-corrected chi connectivity index (χ1v) is 6.55. The molecule has 14 heavy (non-hydrogen) atoms. The topological polar surface area (TPSA) is 64.7 Å². The fourth-order valence-corrected chi connectivity index (χ4v) is 3.29. The summed E-state index contributed by atoms with van der Waals surface area (Å²) in [6.07, 6.45) is 0. The zero-order chi connectivity index (χ0) is 9.97. The lowest BCUT2D eigenvalue weighted by Crippen LogP contribution is -1.81. The van der Waals surface area contributed by atoms with Crippen molar-refractivity contribution in [1.29, 1.82) is 0 Å². The fraction of sp³-hybridized carbons (Fsp3) is 0.286. The number of aromatic nitrogens is 3. The predicted octanol–water partition coefficient (Wildman–Crippen LogP) is 2.18. The van der Waals surface area contributed by atoms with Crippen LogP contribution in [0.3, 0.4) is 0 Å². The predicted molar refractivity (Wildman–Crippen MR) is 60.7 cm³/mol. The lowest BCUT2D eigenvalue weighted by atomic mass is 10.6. The Morgan fingerprint density at radius 1 is 1.50 bits per heavy atom. The fourth-order valence-electron chi connectivity index (χ4n) is 0.847. The number of anilines is 1. The van der Waals surface area contributed by atoms with E-state index in [4.69, 9.17) is 5.73 Å². The molecule has 0 atom stereocenters. The molecule has 2 aromatic rings. The third kappa shape index (κ3) is 2.43. The second kappa shape index (κ2) is 4.24. The van der Waals surface area contributed by atoms with Crippen LogP contribution in [0.5, 0.6) is 0 Å². The SMILES string of the molecule is Cc1csc(SCc2nnc(N)s2)n1. The molecule has 2 N–H and O–H groups in total. The smallest absolute Gasteiger partial charge is 0.203 e. The highest BCUT2D eigenvalue weighted by molar-refractivity contribution is 8.00. The van der Waals surface area contributed by atoms with Crippen LogP contribution in [-0.4, -0.2) is 15.2 Å². The van der Waals surface area contributed by atoms with Gasteiger partial charge in [0.15, 0.2) is 4.34 Å². The zero-order valence-corrected chi connectivity index (χ0v) is 9.88. The van der Waals surface area contributed by atoms with Crippen molar-refractivity contribution < 1.29 is 0 Å². The average Bonchev–Trinajstić information content (AvgIpc) is 2.72. The second-order valence-electron chi connectivity index (χ2n) is 2.58. The van der Waals surface area contributed by atoms with Crippen LogP contribution in [0, 0.1) is 6.92 Å². The number of thiazole rings is 1. The Balaban J connectivity index is 1.94. The minimum Gasteiger partial charge on any atom is -0.374 e. The molecule has 0 aromatic carbocycles. The van der Waals surface area contributed by atoms with Gasteiger partial charge < -0.3 is 5.73 Å². The minimum absolute atomic E-state index is 0.524. The Labute approximate surface area is 93.6 Å². The van der Waals surface area contributed by atoms with E-state index in [0.717, 1.165) is 20.8 Å². The third-order valence-corrected chi connectivity index (χ3v) is 4.48. The number of nitrogens with two attached hydrogens (primary N) is 1. The number of thioether (sulfide) groups is 1. The van der Waals surface area contributed by atoms with Crippen LogP contribution in [0.15, 0.2) is 9.72 Å². The van der Waals surface area contributed by atoms with E-state index in [1.54, 1.807) is 23.1 Å². The highest BCUT2D eigenvalue weighted by Crippen LogP contribution is 2.27. The van der Waals surface area contributed by atoms with Gasteiger partial charge in [0.25, 0.3) is 0 Å². The van der Waals surface area contributed by atoms with Crippen molar-refractivity contribution in [2.75, 3.05) is 5.73 Å². The molecule has 74 valence electrons. The van der Waals surface area contributed by atoms with Crippen molar-refractivity contribution in [3.05, 3.63) is 16.1 Å². The number of hydrogen-bond donors (Lipinski definition) is 1. The summed E-state index contributed by atoms with van der Waals surface area (Å²) in [4.78, 5) is 4.34. The molecule has 2 aromatic heterocycles. The van der Waals surface area contributed by atoms with Gasteiger partial charge in [0.2, 0.25) is 5.13 Å². The summed E-state index contributed by atoms with van der Waals surface area (Å²) in [7, 11) is 0. The molecule has 7 heteroatoms. The van der Waals surface area contributed by atoms with Crippen molar-refractivity contribution in [2.45, 2.75) is 17.0 Å². The van der Waals surface area contributed by atoms with Gasteiger partial charge in [-0.25, -0.2) is 4.98 Å². The van der Waals surface area contributed by atoms with E-state index < -0.39 is 0 Å². The van der Waals surface area contributed by atoms with Gasteiger partial charge in [-0.05, 0) is 6.92 Å². The Morgan fingerprint density at radius 2 is 2.36 bits per heavy atom. The molecule has 0 amide bonds. The third-order valence-electron chi connectivity index (χ3n) is 1.40. The van der Waals surface area contributed by atoms with E-state index >= 15 is 0 Å². The maximum absolute atomic E-state index is 5.47. The molecule has 0 bridgehead atoms. The second-order valence-corrected chi connectivity index (χ2v) is 5.75. The first-order valence-electron chi connectivity index (χ1n) is 3.87. The van der Waals surface area contributed by atoms with Gasteiger partial charge >= 0.3 is 0 Å². The van der Waals surface area contributed by atoms with E-state index in [1.807, 2.05) is 12.3 Å². The van der Waals surface area contributed by atoms with E-state index in [-0.39, 0.29) is 0 Å². The lowest BCUT2D eigenvalue weighted by Gasteiger charge is -1.90. The summed E-state index contributed by atoms with van der Waals surface area (Å²) in [6, 6.07) is 0. The van der Waals surface area contributed by atoms with Crippen LogP contribution >= 0.6 is 34.4 Å². The molecular formula is C7H8N4S3. The van der Waals surface area contributed by atoms with E-state index in [1.165, 1.54) is 11.3 Å². The van der Waals surface area contributed by atoms with Crippen LogP contribution in [-0.2, 0) is 5.75 Å². The van der Waals surface area contributed by atoms with Gasteiger partial charge in [0.05, 0.1) is 5.75 Å². The number of nitrogens with zero attached hydrogens (tertiary/aromatic N) is 3. The van der Waals surface area contributed by atoms with Crippen molar-refractivity contribution in [2.24, 2.45) is 0 Å². The summed E-state index contributed by atoms with van der Waals surface area (Å²) >= 11 is 4.75. The highest BCUT2D eigenvalue weighted by Gasteiger charge is 2.04. The Morgan fingerprint density at radius 3 is 2.93 bits per heavy atom. The molecule has 2 heterocycles. The van der Waals surface area contributed by atoms with Crippen molar-refractivity contribution in [3.63, 3.8) is 0 Å². The summed E-state index contributed by atoms with van der Waals surface area (Å²) in [5.41, 5.74) is 6.54. The molecule has 0 aliphatic heterocycles. The van der Waals surface area contributed by atoms with Gasteiger partial charge in [-0.3, -0.25) is 0 Å². The van der Waals surface area contributed by atoms with Crippen LogP contribution < -0.4 is 5.73 Å². The number of nitrogen functional groups attached to an aromatic ring is 1. The van der Waals surface area contributed by atoms with Gasteiger partial charge in [-0.1, -0.05) is 23.1 Å². The molecule has 0 fully saturated rings. The molecule has 0 spiro atoms. The molecule has 0 saturated carbocycles. The Kier molecular flexibility index (Phi) is 2.99. The molecule has 2 rings (SSSR count). The van der Waals surface area contributed by atoms with Gasteiger partial charge in [-0.15, -0.1) is 21.5 Å². The Bertz CT molecular complexity index is 382. The molecule has 4 nitrogen and oxygen atoms in total. The standard InChI is InChI=1S/C7H8N4S3/c1-4-2-12-7(9-4)13-3-5-10-11-6(8)14-5/h2H,3H2,1H3,(H2,8,11). The summed E-state index contributed by atoms with van der Waals surface area (Å²) in [6.45, 7) is 1.99. The summed E-state index contributed by atoms with van der Waals surface area (Å²) in [5, 5.41) is 11.2. The van der Waals surface area contributed by atoms with Crippen molar-refractivity contribution in [3.8, 4) is 0 Å². The van der Waals surface area contributed by atoms with Crippen LogP contribution in [0.1, 0.15) is 10.7 Å². The first kappa shape index (κ1) is 9.88. The van der Waals surface area contributed by atoms with Crippen LogP contribution in [0.2, 0.25) is 0 Å². The Hall–Kier alpha value is -0.660. The normalized spacial score (nSPS) is 10.6. The van der Waals surface area contributed by atoms with Crippen LogP contribution in [0.25, 0.3) is 0 Å². The van der Waals surface area contributed by atoms with Gasteiger partial charge in [0.1, 0.15) is 5.01 Å². The average molecular weight is 244 g/mol.